The highest BCUT2D eigenvalue weighted by molar-refractivity contribution is 5.94. The number of hydrogen-bond donors (Lipinski definition) is 0. The van der Waals surface area contributed by atoms with Gasteiger partial charge < -0.3 is 19.1 Å². The second-order valence-corrected chi connectivity index (χ2v) is 5.51. The van der Waals surface area contributed by atoms with Crippen LogP contribution in [0.4, 0.5) is 0 Å². The van der Waals surface area contributed by atoms with Crippen molar-refractivity contribution in [1.82, 2.24) is 4.90 Å². The number of benzene rings is 1. The van der Waals surface area contributed by atoms with Gasteiger partial charge in [0.15, 0.2) is 30.0 Å². The van der Waals surface area contributed by atoms with Crippen LogP contribution >= 0.6 is 0 Å². The maximum Gasteiger partial charge on any atom is 0.344 e. The SMILES string of the molecule is COc1cc(C(C)=O)ccc1OCC(=O)O[C@@H](C)C(=O)N(C)CCC#N. The topological polar surface area (TPSA) is 106 Å². The average molecular weight is 362 g/mol. The van der Waals surface area contributed by atoms with Gasteiger partial charge in [0, 0.05) is 19.2 Å². The third-order valence-electron chi connectivity index (χ3n) is 3.51. The molecule has 1 aromatic rings. The molecular weight excluding hydrogens is 340 g/mol. The van der Waals surface area contributed by atoms with Gasteiger partial charge in [-0.2, -0.15) is 5.26 Å². The van der Waals surface area contributed by atoms with Gasteiger partial charge in [-0.3, -0.25) is 9.59 Å². The molecule has 0 unspecified atom stereocenters. The van der Waals surface area contributed by atoms with E-state index in [1.807, 2.05) is 6.07 Å². The Labute approximate surface area is 152 Å². The molecule has 0 N–H and O–H groups in total. The van der Waals surface area contributed by atoms with E-state index in [0.717, 1.165) is 0 Å². The van der Waals surface area contributed by atoms with E-state index in [4.69, 9.17) is 19.5 Å². The van der Waals surface area contributed by atoms with Crippen molar-refractivity contribution in [1.29, 1.82) is 5.26 Å². The summed E-state index contributed by atoms with van der Waals surface area (Å²) in [6, 6.07) is 6.53. The Balaban J connectivity index is 2.60. The number of carbonyl (C=O) groups excluding carboxylic acids is 3. The highest BCUT2D eigenvalue weighted by Gasteiger charge is 2.21. The average Bonchev–Trinajstić information content (AvgIpc) is 2.63. The quantitative estimate of drug-likeness (QED) is 0.485. The van der Waals surface area contributed by atoms with Crippen molar-refractivity contribution in [2.45, 2.75) is 26.4 Å². The molecule has 1 atom stereocenters. The van der Waals surface area contributed by atoms with Gasteiger partial charge in [0.2, 0.25) is 0 Å². The molecule has 8 heteroatoms. The molecule has 0 aliphatic carbocycles. The number of amides is 1. The van der Waals surface area contributed by atoms with E-state index in [1.165, 1.54) is 45.0 Å². The van der Waals surface area contributed by atoms with Crippen molar-refractivity contribution >= 4 is 17.7 Å². The van der Waals surface area contributed by atoms with E-state index in [-0.39, 0.29) is 24.5 Å². The van der Waals surface area contributed by atoms with Crippen molar-refractivity contribution < 1.29 is 28.6 Å². The summed E-state index contributed by atoms with van der Waals surface area (Å²) in [6.07, 6.45) is -0.793. The zero-order valence-corrected chi connectivity index (χ0v) is 15.3. The molecule has 0 bridgehead atoms. The Morgan fingerprint density at radius 2 is 1.96 bits per heavy atom. The van der Waals surface area contributed by atoms with E-state index < -0.39 is 24.6 Å². The Bertz CT molecular complexity index is 710. The number of ketones is 1. The lowest BCUT2D eigenvalue weighted by molar-refractivity contribution is -0.160. The predicted molar refractivity (Wildman–Crippen MR) is 91.9 cm³/mol. The van der Waals surface area contributed by atoms with Gasteiger partial charge in [-0.1, -0.05) is 0 Å². The smallest absolute Gasteiger partial charge is 0.344 e. The number of methoxy groups -OCH3 is 1. The Kier molecular flexibility index (Phi) is 8.09. The van der Waals surface area contributed by atoms with Gasteiger partial charge in [-0.05, 0) is 32.0 Å². The zero-order valence-electron chi connectivity index (χ0n) is 15.3. The van der Waals surface area contributed by atoms with Crippen molar-refractivity contribution in [3.05, 3.63) is 23.8 Å². The summed E-state index contributed by atoms with van der Waals surface area (Å²) >= 11 is 0. The molecule has 0 aliphatic heterocycles. The largest absolute Gasteiger partial charge is 0.493 e. The normalized spacial score (nSPS) is 11.0. The maximum atomic E-state index is 12.0. The van der Waals surface area contributed by atoms with Crippen molar-refractivity contribution in [2.24, 2.45) is 0 Å². The number of carbonyl (C=O) groups is 3. The number of Topliss-reactive ketones (excluding diaryl/α,β-unsaturated/α-hetero) is 1. The number of nitrogens with zero attached hydrogens (tertiary/aromatic N) is 2. The summed E-state index contributed by atoms with van der Waals surface area (Å²) in [4.78, 5) is 36.6. The molecule has 26 heavy (non-hydrogen) atoms. The van der Waals surface area contributed by atoms with Gasteiger partial charge in [0.1, 0.15) is 0 Å². The molecule has 0 saturated carbocycles. The van der Waals surface area contributed by atoms with Crippen molar-refractivity contribution in [3.63, 3.8) is 0 Å². The second-order valence-electron chi connectivity index (χ2n) is 5.51. The summed E-state index contributed by atoms with van der Waals surface area (Å²) in [6.45, 7) is 2.72. The van der Waals surface area contributed by atoms with Crippen LogP contribution in [0.5, 0.6) is 11.5 Å². The van der Waals surface area contributed by atoms with E-state index in [2.05, 4.69) is 0 Å². The number of rotatable bonds is 9. The molecule has 0 heterocycles. The number of esters is 1. The molecule has 0 aliphatic rings. The zero-order chi connectivity index (χ0) is 19.7. The maximum absolute atomic E-state index is 12.0. The van der Waals surface area contributed by atoms with Gasteiger partial charge in [-0.15, -0.1) is 0 Å². The molecule has 0 radical (unpaired) electrons. The van der Waals surface area contributed by atoms with Crippen LogP contribution in [-0.2, 0) is 14.3 Å². The van der Waals surface area contributed by atoms with Gasteiger partial charge in [0.25, 0.3) is 5.91 Å². The number of nitriles is 1. The third kappa shape index (κ3) is 6.09. The number of hydrogen-bond acceptors (Lipinski definition) is 7. The van der Waals surface area contributed by atoms with Crippen LogP contribution in [0.15, 0.2) is 18.2 Å². The Morgan fingerprint density at radius 1 is 1.27 bits per heavy atom. The van der Waals surface area contributed by atoms with Crippen molar-refractivity contribution in [2.75, 3.05) is 27.3 Å². The Hall–Kier alpha value is -3.08. The lowest BCUT2D eigenvalue weighted by Crippen LogP contribution is -2.38. The first-order chi connectivity index (χ1) is 12.3. The fraction of sp³-hybridized carbons (Fsp3) is 0.444. The molecule has 0 aromatic heterocycles. The first-order valence-corrected chi connectivity index (χ1v) is 7.93. The fourth-order valence-electron chi connectivity index (χ4n) is 2.06. The lowest BCUT2D eigenvalue weighted by atomic mass is 10.1. The molecular formula is C18H22N2O6. The van der Waals surface area contributed by atoms with E-state index in [0.29, 0.717) is 11.3 Å². The van der Waals surface area contributed by atoms with Gasteiger partial charge >= 0.3 is 5.97 Å². The molecule has 1 aromatic carbocycles. The van der Waals surface area contributed by atoms with E-state index in [1.54, 1.807) is 6.07 Å². The summed E-state index contributed by atoms with van der Waals surface area (Å²) in [5, 5.41) is 8.53. The van der Waals surface area contributed by atoms with Crippen LogP contribution in [0.1, 0.15) is 30.6 Å². The standard InChI is InChI=1S/C18H22N2O6/c1-12(21)14-6-7-15(16(10-14)24-4)25-11-17(22)26-13(2)18(23)20(3)9-5-8-19/h6-7,10,13H,5,9,11H2,1-4H3/t13-/m0/s1. The minimum Gasteiger partial charge on any atom is -0.493 e. The molecule has 8 nitrogen and oxygen atoms in total. The van der Waals surface area contributed by atoms with Crippen LogP contribution in [0.2, 0.25) is 0 Å². The molecule has 0 spiro atoms. The van der Waals surface area contributed by atoms with Crippen LogP contribution in [0.3, 0.4) is 0 Å². The number of ether oxygens (including phenoxy) is 3. The first kappa shape index (κ1) is 21.0. The molecule has 140 valence electrons. The van der Waals surface area contributed by atoms with Gasteiger partial charge in [-0.25, -0.2) is 4.79 Å². The minimum absolute atomic E-state index is 0.123. The van der Waals surface area contributed by atoms with Crippen LogP contribution < -0.4 is 9.47 Å². The van der Waals surface area contributed by atoms with E-state index in [9.17, 15) is 14.4 Å². The first-order valence-electron chi connectivity index (χ1n) is 7.93. The predicted octanol–water partition coefficient (Wildman–Crippen LogP) is 1.58. The lowest BCUT2D eigenvalue weighted by Gasteiger charge is -2.20. The molecule has 1 amide bonds. The van der Waals surface area contributed by atoms with E-state index >= 15 is 0 Å². The second kappa shape index (κ2) is 10.0. The van der Waals surface area contributed by atoms with Crippen LogP contribution in [0, 0.1) is 11.3 Å². The summed E-state index contributed by atoms with van der Waals surface area (Å²) in [5.41, 5.74) is 0.455. The number of likely N-dealkylation sites (N-methyl/N-ethyl adjacent to an activating group) is 1. The Morgan fingerprint density at radius 3 is 2.54 bits per heavy atom. The van der Waals surface area contributed by atoms with Crippen LogP contribution in [-0.4, -0.2) is 56.0 Å². The molecule has 0 saturated heterocycles. The molecule has 1 rings (SSSR count). The molecule has 0 fully saturated rings. The fourth-order valence-corrected chi connectivity index (χ4v) is 2.06. The third-order valence-corrected chi connectivity index (χ3v) is 3.51. The summed E-state index contributed by atoms with van der Waals surface area (Å²) < 4.78 is 15.5. The van der Waals surface area contributed by atoms with Gasteiger partial charge in [0.05, 0.1) is 19.6 Å². The summed E-state index contributed by atoms with van der Waals surface area (Å²) in [7, 11) is 2.95. The summed E-state index contributed by atoms with van der Waals surface area (Å²) in [5.74, 6) is -0.665. The highest BCUT2D eigenvalue weighted by Crippen LogP contribution is 2.28. The highest BCUT2D eigenvalue weighted by atomic mass is 16.6. The van der Waals surface area contributed by atoms with Crippen molar-refractivity contribution in [3.8, 4) is 17.6 Å². The van der Waals surface area contributed by atoms with Crippen LogP contribution in [0.25, 0.3) is 0 Å². The monoisotopic (exact) mass is 362 g/mol. The minimum atomic E-state index is -0.989.